The molecule has 0 aliphatic carbocycles. The molecule has 1 radical (unpaired) electrons. The van der Waals surface area contributed by atoms with E-state index in [1.807, 2.05) is 0 Å². The zero-order valence-corrected chi connectivity index (χ0v) is 14.9. The Bertz CT molecular complexity index is 510. The molecule has 2 aromatic rings. The van der Waals surface area contributed by atoms with Gasteiger partial charge in [0.2, 0.25) is 0 Å². The molecule has 0 saturated carbocycles. The van der Waals surface area contributed by atoms with Crippen LogP contribution in [0.3, 0.4) is 0 Å². The second-order valence-electron chi connectivity index (χ2n) is 5.67. The Morgan fingerprint density at radius 3 is 1.13 bits per heavy atom. The van der Waals surface area contributed by atoms with Gasteiger partial charge in [-0.2, -0.15) is 0 Å². The highest BCUT2D eigenvalue weighted by Crippen LogP contribution is 2.20. The summed E-state index contributed by atoms with van der Waals surface area (Å²) in [5.74, 6) is 0. The van der Waals surface area contributed by atoms with E-state index in [1.54, 1.807) is 0 Å². The van der Waals surface area contributed by atoms with E-state index >= 15 is 0 Å². The Morgan fingerprint density at radius 1 is 0.565 bits per heavy atom. The highest BCUT2D eigenvalue weighted by Gasteiger charge is 2.04. The summed E-state index contributed by atoms with van der Waals surface area (Å²) < 4.78 is 0. The monoisotopic (exact) mass is 309 g/mol. The van der Waals surface area contributed by atoms with E-state index in [4.69, 9.17) is 0 Å². The number of rotatable bonds is 8. The van der Waals surface area contributed by atoms with Gasteiger partial charge in [-0.1, -0.05) is 24.3 Å². The molecule has 2 aromatic carbocycles. The number of nitrogens with zero attached hydrogens (tertiary/aromatic N) is 2. The SMILES string of the molecule is CCN(CC)c1ccc([CH]c2ccc(N(CC)CC)cc2)cc1. The average Bonchev–Trinajstić information content (AvgIpc) is 2.60. The van der Waals surface area contributed by atoms with Crippen molar-refractivity contribution in [2.45, 2.75) is 27.7 Å². The minimum Gasteiger partial charge on any atom is -0.372 e. The normalized spacial score (nSPS) is 10.6. The smallest absolute Gasteiger partial charge is 0.0366 e. The van der Waals surface area contributed by atoms with E-state index in [0.717, 1.165) is 26.2 Å². The maximum Gasteiger partial charge on any atom is 0.0366 e. The number of hydrogen-bond acceptors (Lipinski definition) is 2. The van der Waals surface area contributed by atoms with Crippen LogP contribution in [0, 0.1) is 6.42 Å². The molecule has 0 aliphatic heterocycles. The van der Waals surface area contributed by atoms with Crippen LogP contribution in [0.4, 0.5) is 11.4 Å². The predicted molar refractivity (Wildman–Crippen MR) is 103 cm³/mol. The van der Waals surface area contributed by atoms with E-state index in [2.05, 4.69) is 92.4 Å². The minimum atomic E-state index is 1.05. The number of anilines is 2. The molecule has 0 saturated heterocycles. The lowest BCUT2D eigenvalue weighted by molar-refractivity contribution is 0.866. The lowest BCUT2D eigenvalue weighted by atomic mass is 10.0. The third-order valence-electron chi connectivity index (χ3n) is 4.38. The minimum absolute atomic E-state index is 1.05. The first-order valence-electron chi connectivity index (χ1n) is 8.76. The van der Waals surface area contributed by atoms with Crippen LogP contribution in [0.2, 0.25) is 0 Å². The van der Waals surface area contributed by atoms with Crippen LogP contribution in [-0.2, 0) is 0 Å². The summed E-state index contributed by atoms with van der Waals surface area (Å²) in [6, 6.07) is 17.6. The van der Waals surface area contributed by atoms with Crippen LogP contribution >= 0.6 is 0 Å². The molecule has 0 N–H and O–H groups in total. The van der Waals surface area contributed by atoms with Crippen molar-refractivity contribution in [1.82, 2.24) is 0 Å². The Labute approximate surface area is 141 Å². The maximum atomic E-state index is 2.36. The Morgan fingerprint density at radius 2 is 0.870 bits per heavy atom. The van der Waals surface area contributed by atoms with Gasteiger partial charge in [-0.05, 0) is 63.1 Å². The van der Waals surface area contributed by atoms with Gasteiger partial charge in [-0.3, -0.25) is 0 Å². The van der Waals surface area contributed by atoms with E-state index in [9.17, 15) is 0 Å². The molecule has 0 spiro atoms. The molecule has 0 heterocycles. The van der Waals surface area contributed by atoms with E-state index in [1.165, 1.54) is 22.5 Å². The first-order valence-corrected chi connectivity index (χ1v) is 8.76. The molecule has 0 amide bonds. The number of hydrogen-bond donors (Lipinski definition) is 0. The predicted octanol–water partition coefficient (Wildman–Crippen LogP) is 4.98. The fourth-order valence-electron chi connectivity index (χ4n) is 2.93. The van der Waals surface area contributed by atoms with Crippen molar-refractivity contribution in [1.29, 1.82) is 0 Å². The molecule has 0 bridgehead atoms. The van der Waals surface area contributed by atoms with Crippen molar-refractivity contribution in [2.75, 3.05) is 36.0 Å². The summed E-state index contributed by atoms with van der Waals surface area (Å²) >= 11 is 0. The molecule has 2 heteroatoms. The Hall–Kier alpha value is -1.96. The molecular formula is C21H29N2. The molecule has 2 rings (SSSR count). The molecule has 2 nitrogen and oxygen atoms in total. The van der Waals surface area contributed by atoms with Crippen LogP contribution in [-0.4, -0.2) is 26.2 Å². The topological polar surface area (TPSA) is 6.48 Å². The second kappa shape index (κ2) is 8.61. The summed E-state index contributed by atoms with van der Waals surface area (Å²) in [5, 5.41) is 0. The van der Waals surface area contributed by atoms with Gasteiger partial charge >= 0.3 is 0 Å². The first-order chi connectivity index (χ1) is 11.2. The lowest BCUT2D eigenvalue weighted by Crippen LogP contribution is -2.21. The van der Waals surface area contributed by atoms with Crippen molar-refractivity contribution in [3.8, 4) is 0 Å². The molecule has 0 atom stereocenters. The van der Waals surface area contributed by atoms with Crippen LogP contribution in [0.1, 0.15) is 38.8 Å². The van der Waals surface area contributed by atoms with E-state index in [0.29, 0.717) is 0 Å². The van der Waals surface area contributed by atoms with Crippen LogP contribution in [0.15, 0.2) is 48.5 Å². The van der Waals surface area contributed by atoms with Gasteiger partial charge in [0.1, 0.15) is 0 Å². The van der Waals surface area contributed by atoms with Crippen LogP contribution in [0.25, 0.3) is 0 Å². The molecule has 0 aliphatic rings. The average molecular weight is 309 g/mol. The lowest BCUT2D eigenvalue weighted by Gasteiger charge is -2.21. The summed E-state index contributed by atoms with van der Waals surface area (Å²) in [6.07, 6.45) is 2.23. The second-order valence-corrected chi connectivity index (χ2v) is 5.67. The molecule has 0 fully saturated rings. The highest BCUT2D eigenvalue weighted by atomic mass is 15.1. The quantitative estimate of drug-likeness (QED) is 0.678. The van der Waals surface area contributed by atoms with Crippen molar-refractivity contribution in [3.63, 3.8) is 0 Å². The standard InChI is InChI=1S/C21H29N2/c1-5-22(6-2)20-13-9-18(10-14-20)17-19-11-15-21(16-12-19)23(7-3)8-4/h9-17H,5-8H2,1-4H3. The molecule has 0 aromatic heterocycles. The molecule has 0 unspecified atom stereocenters. The Balaban J connectivity index is 2.04. The molecule has 23 heavy (non-hydrogen) atoms. The molecular weight excluding hydrogens is 280 g/mol. The van der Waals surface area contributed by atoms with Gasteiger partial charge in [0.15, 0.2) is 0 Å². The van der Waals surface area contributed by atoms with E-state index < -0.39 is 0 Å². The van der Waals surface area contributed by atoms with Crippen LogP contribution < -0.4 is 9.80 Å². The van der Waals surface area contributed by atoms with Gasteiger partial charge < -0.3 is 9.80 Å². The highest BCUT2D eigenvalue weighted by molar-refractivity contribution is 5.52. The first kappa shape index (κ1) is 17.4. The summed E-state index contributed by atoms with van der Waals surface area (Å²) in [6.45, 7) is 13.0. The summed E-state index contributed by atoms with van der Waals surface area (Å²) in [7, 11) is 0. The van der Waals surface area contributed by atoms with Crippen LogP contribution in [0.5, 0.6) is 0 Å². The van der Waals surface area contributed by atoms with Gasteiger partial charge in [0, 0.05) is 44.0 Å². The maximum absolute atomic E-state index is 2.36. The van der Waals surface area contributed by atoms with Gasteiger partial charge in [-0.25, -0.2) is 0 Å². The van der Waals surface area contributed by atoms with Crippen molar-refractivity contribution in [2.24, 2.45) is 0 Å². The van der Waals surface area contributed by atoms with Crippen molar-refractivity contribution >= 4 is 11.4 Å². The molecule has 123 valence electrons. The van der Waals surface area contributed by atoms with Crippen molar-refractivity contribution in [3.05, 3.63) is 66.1 Å². The van der Waals surface area contributed by atoms with Gasteiger partial charge in [0.05, 0.1) is 0 Å². The zero-order chi connectivity index (χ0) is 16.7. The fraction of sp³-hybridized carbons (Fsp3) is 0.381. The fourth-order valence-corrected chi connectivity index (χ4v) is 2.93. The zero-order valence-electron chi connectivity index (χ0n) is 14.9. The van der Waals surface area contributed by atoms with E-state index in [-0.39, 0.29) is 0 Å². The largest absolute Gasteiger partial charge is 0.372 e. The summed E-state index contributed by atoms with van der Waals surface area (Å²) in [4.78, 5) is 4.73. The third-order valence-corrected chi connectivity index (χ3v) is 4.38. The van der Waals surface area contributed by atoms with Crippen molar-refractivity contribution < 1.29 is 0 Å². The summed E-state index contributed by atoms with van der Waals surface area (Å²) in [5.41, 5.74) is 5.08. The van der Waals surface area contributed by atoms with Gasteiger partial charge in [0.25, 0.3) is 0 Å². The number of benzene rings is 2. The Kier molecular flexibility index (Phi) is 6.52. The van der Waals surface area contributed by atoms with Gasteiger partial charge in [-0.15, -0.1) is 0 Å². The third kappa shape index (κ3) is 4.51.